The van der Waals surface area contributed by atoms with Crippen molar-refractivity contribution in [2.45, 2.75) is 13.8 Å². The van der Waals surface area contributed by atoms with Crippen molar-refractivity contribution in [3.05, 3.63) is 29.0 Å². The summed E-state index contributed by atoms with van der Waals surface area (Å²) in [6.45, 7) is 3.35. The SMILES string of the molecule is CC(C)C1C(=O)NC(=O)N(c2ccc(Cl)cc2F)C1=O. The van der Waals surface area contributed by atoms with E-state index in [1.165, 1.54) is 12.1 Å². The van der Waals surface area contributed by atoms with Gasteiger partial charge in [-0.25, -0.2) is 14.1 Å². The van der Waals surface area contributed by atoms with Crippen LogP contribution >= 0.6 is 11.6 Å². The summed E-state index contributed by atoms with van der Waals surface area (Å²) in [5.74, 6) is -3.55. The minimum absolute atomic E-state index is 0.146. The Balaban J connectivity index is 2.46. The molecule has 1 unspecified atom stereocenters. The summed E-state index contributed by atoms with van der Waals surface area (Å²) in [4.78, 5) is 36.4. The third-order valence-electron chi connectivity index (χ3n) is 3.02. The van der Waals surface area contributed by atoms with Crippen LogP contribution in [0.4, 0.5) is 14.9 Å². The molecule has 106 valence electrons. The van der Waals surface area contributed by atoms with Crippen LogP contribution < -0.4 is 10.2 Å². The van der Waals surface area contributed by atoms with E-state index in [2.05, 4.69) is 5.32 Å². The van der Waals surface area contributed by atoms with Gasteiger partial charge in [-0.2, -0.15) is 0 Å². The normalized spacial score (nSPS) is 19.6. The van der Waals surface area contributed by atoms with E-state index >= 15 is 0 Å². The number of urea groups is 1. The zero-order valence-corrected chi connectivity index (χ0v) is 11.6. The number of nitrogens with zero attached hydrogens (tertiary/aromatic N) is 1. The lowest BCUT2D eigenvalue weighted by molar-refractivity contribution is -0.136. The van der Waals surface area contributed by atoms with Crippen molar-refractivity contribution in [1.29, 1.82) is 0 Å². The zero-order chi connectivity index (χ0) is 15.0. The predicted octanol–water partition coefficient (Wildman–Crippen LogP) is 2.33. The first-order chi connectivity index (χ1) is 9.32. The Morgan fingerprint density at radius 1 is 1.30 bits per heavy atom. The standard InChI is InChI=1S/C13H12ClFN2O3/c1-6(2)10-11(18)16-13(20)17(12(10)19)9-4-3-7(14)5-8(9)15/h3-6,10H,1-2H3,(H,16,18,20). The van der Waals surface area contributed by atoms with Crippen LogP contribution in [0, 0.1) is 17.7 Å². The fourth-order valence-corrected chi connectivity index (χ4v) is 2.23. The fourth-order valence-electron chi connectivity index (χ4n) is 2.07. The monoisotopic (exact) mass is 298 g/mol. The molecule has 2 rings (SSSR count). The molecule has 4 amide bonds. The summed E-state index contributed by atoms with van der Waals surface area (Å²) in [7, 11) is 0. The summed E-state index contributed by atoms with van der Waals surface area (Å²) in [6.07, 6.45) is 0. The van der Waals surface area contributed by atoms with Gasteiger partial charge in [0, 0.05) is 5.02 Å². The van der Waals surface area contributed by atoms with E-state index in [1.807, 2.05) is 0 Å². The van der Waals surface area contributed by atoms with Gasteiger partial charge in [0.05, 0.1) is 5.69 Å². The quantitative estimate of drug-likeness (QED) is 0.852. The maximum Gasteiger partial charge on any atom is 0.335 e. The molecule has 0 bridgehead atoms. The van der Waals surface area contributed by atoms with Gasteiger partial charge in [0.2, 0.25) is 11.8 Å². The number of carbonyl (C=O) groups is 3. The van der Waals surface area contributed by atoms with Crippen molar-refractivity contribution in [3.63, 3.8) is 0 Å². The number of hydrogen-bond donors (Lipinski definition) is 1. The molecule has 0 aliphatic carbocycles. The number of benzene rings is 1. The molecule has 1 fully saturated rings. The highest BCUT2D eigenvalue weighted by Crippen LogP contribution is 2.28. The third-order valence-corrected chi connectivity index (χ3v) is 3.25. The molecule has 7 heteroatoms. The summed E-state index contributed by atoms with van der Waals surface area (Å²) < 4.78 is 13.9. The van der Waals surface area contributed by atoms with Crippen molar-refractivity contribution in [3.8, 4) is 0 Å². The Labute approximate surface area is 119 Å². The second-order valence-corrected chi connectivity index (χ2v) is 5.22. The second-order valence-electron chi connectivity index (χ2n) is 4.79. The molecule has 0 aromatic heterocycles. The number of barbiturate groups is 1. The molecular weight excluding hydrogens is 287 g/mol. The summed E-state index contributed by atoms with van der Waals surface area (Å²) in [5.41, 5.74) is -0.227. The molecule has 1 atom stereocenters. The molecule has 1 aliphatic rings. The lowest BCUT2D eigenvalue weighted by atomic mass is 9.92. The maximum absolute atomic E-state index is 13.9. The first-order valence-electron chi connectivity index (χ1n) is 5.96. The molecular formula is C13H12ClFN2O3. The molecule has 0 radical (unpaired) electrons. The van der Waals surface area contributed by atoms with Crippen LogP contribution in [0.25, 0.3) is 0 Å². The minimum Gasteiger partial charge on any atom is -0.277 e. The van der Waals surface area contributed by atoms with E-state index in [1.54, 1.807) is 13.8 Å². The van der Waals surface area contributed by atoms with E-state index in [0.29, 0.717) is 4.90 Å². The summed E-state index contributed by atoms with van der Waals surface area (Å²) >= 11 is 5.63. The molecule has 0 spiro atoms. The number of imide groups is 2. The second kappa shape index (κ2) is 5.20. The lowest BCUT2D eigenvalue weighted by Gasteiger charge is -2.31. The van der Waals surface area contributed by atoms with E-state index in [9.17, 15) is 18.8 Å². The van der Waals surface area contributed by atoms with Crippen LogP contribution in [0.2, 0.25) is 5.02 Å². The van der Waals surface area contributed by atoms with Gasteiger partial charge < -0.3 is 0 Å². The topological polar surface area (TPSA) is 66.5 Å². The van der Waals surface area contributed by atoms with E-state index in [4.69, 9.17) is 11.6 Å². The van der Waals surface area contributed by atoms with Gasteiger partial charge in [0.15, 0.2) is 0 Å². The van der Waals surface area contributed by atoms with Gasteiger partial charge in [0.1, 0.15) is 11.7 Å². The van der Waals surface area contributed by atoms with Gasteiger partial charge in [-0.3, -0.25) is 14.9 Å². The third kappa shape index (κ3) is 2.38. The highest BCUT2D eigenvalue weighted by molar-refractivity contribution is 6.31. The van der Waals surface area contributed by atoms with Crippen LogP contribution in [-0.4, -0.2) is 17.8 Å². The van der Waals surface area contributed by atoms with E-state index in [-0.39, 0.29) is 16.6 Å². The molecule has 1 N–H and O–H groups in total. The van der Waals surface area contributed by atoms with Crippen LogP contribution in [0.5, 0.6) is 0 Å². The van der Waals surface area contributed by atoms with Gasteiger partial charge in [-0.05, 0) is 24.1 Å². The molecule has 1 heterocycles. The number of carbonyl (C=O) groups excluding carboxylic acids is 3. The molecule has 20 heavy (non-hydrogen) atoms. The van der Waals surface area contributed by atoms with Gasteiger partial charge >= 0.3 is 6.03 Å². The van der Waals surface area contributed by atoms with Gasteiger partial charge in [-0.1, -0.05) is 25.4 Å². The van der Waals surface area contributed by atoms with Gasteiger partial charge in [-0.15, -0.1) is 0 Å². The van der Waals surface area contributed by atoms with E-state index < -0.39 is 29.6 Å². The molecule has 5 nitrogen and oxygen atoms in total. The molecule has 1 saturated heterocycles. The number of hydrogen-bond acceptors (Lipinski definition) is 3. The van der Waals surface area contributed by atoms with Crippen molar-refractivity contribution in [2.75, 3.05) is 4.90 Å². The van der Waals surface area contributed by atoms with Crippen molar-refractivity contribution < 1.29 is 18.8 Å². The molecule has 0 saturated carbocycles. The Hall–Kier alpha value is -1.95. The number of amides is 4. The molecule has 1 aliphatic heterocycles. The average Bonchev–Trinajstić information content (AvgIpc) is 2.30. The van der Waals surface area contributed by atoms with Crippen LogP contribution in [0.15, 0.2) is 18.2 Å². The number of nitrogens with one attached hydrogen (secondary N) is 1. The Morgan fingerprint density at radius 2 is 1.95 bits per heavy atom. The van der Waals surface area contributed by atoms with Gasteiger partial charge in [0.25, 0.3) is 0 Å². The Bertz CT molecular complexity index is 603. The first kappa shape index (κ1) is 14.5. The lowest BCUT2D eigenvalue weighted by Crippen LogP contribution is -2.59. The minimum atomic E-state index is -1.03. The van der Waals surface area contributed by atoms with Crippen molar-refractivity contribution in [2.24, 2.45) is 11.8 Å². The fraction of sp³-hybridized carbons (Fsp3) is 0.308. The van der Waals surface area contributed by atoms with E-state index in [0.717, 1.165) is 6.07 Å². The summed E-state index contributed by atoms with van der Waals surface area (Å²) in [6, 6.07) is 2.63. The number of halogens is 2. The molecule has 1 aromatic carbocycles. The highest BCUT2D eigenvalue weighted by Gasteiger charge is 2.43. The number of rotatable bonds is 2. The van der Waals surface area contributed by atoms with Crippen molar-refractivity contribution in [1.82, 2.24) is 5.32 Å². The maximum atomic E-state index is 13.9. The number of anilines is 1. The average molecular weight is 299 g/mol. The first-order valence-corrected chi connectivity index (χ1v) is 6.34. The van der Waals surface area contributed by atoms with Crippen molar-refractivity contribution >= 4 is 35.1 Å². The predicted molar refractivity (Wildman–Crippen MR) is 70.8 cm³/mol. The largest absolute Gasteiger partial charge is 0.335 e. The summed E-state index contributed by atoms with van der Waals surface area (Å²) in [5, 5.41) is 2.21. The highest BCUT2D eigenvalue weighted by atomic mass is 35.5. The van der Waals surface area contributed by atoms with Crippen LogP contribution in [0.3, 0.4) is 0 Å². The Kier molecular flexibility index (Phi) is 3.76. The van der Waals surface area contributed by atoms with Crippen LogP contribution in [0.1, 0.15) is 13.8 Å². The van der Waals surface area contributed by atoms with Crippen LogP contribution in [-0.2, 0) is 9.59 Å². The zero-order valence-electron chi connectivity index (χ0n) is 10.8. The smallest absolute Gasteiger partial charge is 0.277 e. The molecule has 1 aromatic rings. The Morgan fingerprint density at radius 3 is 2.50 bits per heavy atom.